The maximum absolute atomic E-state index is 12.6. The molecule has 0 fully saturated rings. The molecule has 0 aliphatic carbocycles. The van der Waals surface area contributed by atoms with Crippen molar-refractivity contribution in [1.82, 2.24) is 16.0 Å². The summed E-state index contributed by atoms with van der Waals surface area (Å²) >= 11 is 1.47. The van der Waals surface area contributed by atoms with Crippen LogP contribution in [0.3, 0.4) is 0 Å². The SMILES string of the molecule is CSCCC(NC(=O)C(C)N)C(=O)NC(C(=O)NC(C(=O)O)C(C)C)C(C)O. The third-order valence-corrected chi connectivity index (χ3v) is 4.59. The second kappa shape index (κ2) is 12.6. The van der Waals surface area contributed by atoms with Gasteiger partial charge in [0.15, 0.2) is 0 Å². The van der Waals surface area contributed by atoms with Crippen molar-refractivity contribution in [2.75, 3.05) is 12.0 Å². The summed E-state index contributed by atoms with van der Waals surface area (Å²) < 4.78 is 0. The largest absolute Gasteiger partial charge is 0.480 e. The Labute approximate surface area is 169 Å². The molecule has 0 rings (SSSR count). The van der Waals surface area contributed by atoms with Gasteiger partial charge in [0.25, 0.3) is 0 Å². The number of carboxylic acid groups (broad SMARTS) is 1. The number of hydrogen-bond acceptors (Lipinski definition) is 7. The minimum Gasteiger partial charge on any atom is -0.480 e. The standard InChI is InChI=1S/C17H32N4O6S/c1-8(2)12(17(26)27)20-16(25)13(10(4)22)21-15(24)11(6-7-28-5)19-14(23)9(3)18/h8-13,22H,6-7,18H2,1-5H3,(H,19,23)(H,20,25)(H,21,24)(H,26,27). The average Bonchev–Trinajstić information content (AvgIpc) is 2.59. The first-order valence-electron chi connectivity index (χ1n) is 8.98. The molecule has 0 heterocycles. The van der Waals surface area contributed by atoms with Gasteiger partial charge in [-0.2, -0.15) is 11.8 Å². The minimum absolute atomic E-state index is 0.295. The lowest BCUT2D eigenvalue weighted by molar-refractivity contribution is -0.144. The highest BCUT2D eigenvalue weighted by atomic mass is 32.2. The van der Waals surface area contributed by atoms with Crippen LogP contribution in [0.25, 0.3) is 0 Å². The summed E-state index contributed by atoms with van der Waals surface area (Å²) in [6, 6.07) is -4.31. The summed E-state index contributed by atoms with van der Waals surface area (Å²) in [5.41, 5.74) is 5.51. The number of nitrogens with one attached hydrogen (secondary N) is 3. The molecule has 10 nitrogen and oxygen atoms in total. The van der Waals surface area contributed by atoms with Crippen LogP contribution in [0.5, 0.6) is 0 Å². The Balaban J connectivity index is 5.29. The van der Waals surface area contributed by atoms with Crippen molar-refractivity contribution in [3.63, 3.8) is 0 Å². The second-order valence-corrected chi connectivity index (χ2v) is 7.91. The lowest BCUT2D eigenvalue weighted by atomic mass is 10.0. The summed E-state index contributed by atoms with van der Waals surface area (Å²) in [6.07, 6.45) is 0.853. The van der Waals surface area contributed by atoms with Gasteiger partial charge >= 0.3 is 5.97 Å². The van der Waals surface area contributed by atoms with Gasteiger partial charge in [-0.1, -0.05) is 13.8 Å². The highest BCUT2D eigenvalue weighted by Crippen LogP contribution is 2.06. The van der Waals surface area contributed by atoms with Crippen molar-refractivity contribution in [1.29, 1.82) is 0 Å². The quantitative estimate of drug-likeness (QED) is 0.225. The van der Waals surface area contributed by atoms with E-state index >= 15 is 0 Å². The van der Waals surface area contributed by atoms with Gasteiger partial charge in [-0.15, -0.1) is 0 Å². The fraction of sp³-hybridized carbons (Fsp3) is 0.765. The fourth-order valence-corrected chi connectivity index (χ4v) is 2.69. The number of thioether (sulfide) groups is 1. The normalized spacial score (nSPS) is 16.4. The van der Waals surface area contributed by atoms with Gasteiger partial charge in [-0.25, -0.2) is 4.79 Å². The minimum atomic E-state index is -1.38. The molecule has 0 saturated carbocycles. The summed E-state index contributed by atoms with van der Waals surface area (Å²) in [4.78, 5) is 48.2. The van der Waals surface area contributed by atoms with E-state index < -0.39 is 59.9 Å². The summed E-state index contributed by atoms with van der Waals surface area (Å²) in [5.74, 6) is -3.07. The van der Waals surface area contributed by atoms with Crippen LogP contribution in [0, 0.1) is 5.92 Å². The van der Waals surface area contributed by atoms with Gasteiger partial charge in [0, 0.05) is 0 Å². The highest BCUT2D eigenvalue weighted by Gasteiger charge is 2.33. The predicted molar refractivity (Wildman–Crippen MR) is 107 cm³/mol. The molecule has 0 aliphatic rings. The molecule has 0 spiro atoms. The number of hydrogen-bond donors (Lipinski definition) is 6. The van der Waals surface area contributed by atoms with Crippen molar-refractivity contribution in [3.8, 4) is 0 Å². The Morgan fingerprint density at radius 3 is 1.86 bits per heavy atom. The molecule has 0 aromatic rings. The summed E-state index contributed by atoms with van der Waals surface area (Å²) in [5, 5.41) is 26.3. The molecule has 162 valence electrons. The number of carbonyl (C=O) groups is 4. The zero-order valence-corrected chi connectivity index (χ0v) is 17.7. The Bertz CT molecular complexity index is 556. The van der Waals surface area contributed by atoms with Crippen molar-refractivity contribution >= 4 is 35.5 Å². The van der Waals surface area contributed by atoms with Crippen LogP contribution in [-0.4, -0.2) is 76.2 Å². The Hall–Kier alpha value is -1.85. The third-order valence-electron chi connectivity index (χ3n) is 3.95. The van der Waals surface area contributed by atoms with Crippen LogP contribution in [-0.2, 0) is 19.2 Å². The van der Waals surface area contributed by atoms with E-state index in [1.807, 2.05) is 6.26 Å². The third kappa shape index (κ3) is 8.89. The van der Waals surface area contributed by atoms with Gasteiger partial charge in [-0.3, -0.25) is 14.4 Å². The monoisotopic (exact) mass is 420 g/mol. The molecule has 3 amide bonds. The first-order valence-corrected chi connectivity index (χ1v) is 10.4. The zero-order chi connectivity index (χ0) is 22.0. The number of aliphatic hydroxyl groups is 1. The first kappa shape index (κ1) is 26.1. The van der Waals surface area contributed by atoms with Crippen molar-refractivity contribution < 1.29 is 29.4 Å². The molecule has 0 aromatic carbocycles. The summed E-state index contributed by atoms with van der Waals surface area (Å²) in [6.45, 7) is 6.02. The molecule has 28 heavy (non-hydrogen) atoms. The van der Waals surface area contributed by atoms with Crippen LogP contribution in [0.2, 0.25) is 0 Å². The van der Waals surface area contributed by atoms with Crippen LogP contribution in [0.1, 0.15) is 34.1 Å². The maximum atomic E-state index is 12.6. The molecule has 11 heteroatoms. The van der Waals surface area contributed by atoms with E-state index in [0.717, 1.165) is 0 Å². The molecule has 0 bridgehead atoms. The molecule has 7 N–H and O–H groups in total. The molecule has 0 aliphatic heterocycles. The van der Waals surface area contributed by atoms with Crippen molar-refractivity contribution in [2.45, 2.75) is 64.4 Å². The Morgan fingerprint density at radius 1 is 0.929 bits per heavy atom. The molecule has 0 radical (unpaired) electrons. The van der Waals surface area contributed by atoms with E-state index in [9.17, 15) is 29.4 Å². The number of aliphatic hydroxyl groups excluding tert-OH is 1. The van der Waals surface area contributed by atoms with Gasteiger partial charge in [-0.05, 0) is 38.2 Å². The van der Waals surface area contributed by atoms with Crippen molar-refractivity contribution in [2.24, 2.45) is 11.7 Å². The van der Waals surface area contributed by atoms with E-state index in [4.69, 9.17) is 5.73 Å². The van der Waals surface area contributed by atoms with Crippen LogP contribution >= 0.6 is 11.8 Å². The fourth-order valence-electron chi connectivity index (χ4n) is 2.22. The number of aliphatic carboxylic acids is 1. The lowest BCUT2D eigenvalue weighted by Crippen LogP contribution is -2.60. The number of carboxylic acids is 1. The molecule has 5 unspecified atom stereocenters. The highest BCUT2D eigenvalue weighted by molar-refractivity contribution is 7.98. The van der Waals surface area contributed by atoms with E-state index in [1.54, 1.807) is 13.8 Å². The zero-order valence-electron chi connectivity index (χ0n) is 16.9. The van der Waals surface area contributed by atoms with Crippen LogP contribution < -0.4 is 21.7 Å². The first-order chi connectivity index (χ1) is 12.9. The Morgan fingerprint density at radius 2 is 1.46 bits per heavy atom. The van der Waals surface area contributed by atoms with Crippen LogP contribution in [0.15, 0.2) is 0 Å². The van der Waals surface area contributed by atoms with E-state index in [0.29, 0.717) is 12.2 Å². The summed E-state index contributed by atoms with van der Waals surface area (Å²) in [7, 11) is 0. The van der Waals surface area contributed by atoms with Gasteiger partial charge in [0.05, 0.1) is 12.1 Å². The smallest absolute Gasteiger partial charge is 0.326 e. The number of rotatable bonds is 12. The van der Waals surface area contributed by atoms with Gasteiger partial charge in [0.2, 0.25) is 17.7 Å². The second-order valence-electron chi connectivity index (χ2n) is 6.93. The van der Waals surface area contributed by atoms with Gasteiger partial charge < -0.3 is 31.9 Å². The van der Waals surface area contributed by atoms with E-state index in [2.05, 4.69) is 16.0 Å². The number of nitrogens with two attached hydrogens (primary N) is 1. The van der Waals surface area contributed by atoms with E-state index in [1.165, 1.54) is 25.6 Å². The number of carbonyl (C=O) groups excluding carboxylic acids is 3. The van der Waals surface area contributed by atoms with Gasteiger partial charge in [0.1, 0.15) is 18.1 Å². The maximum Gasteiger partial charge on any atom is 0.326 e. The van der Waals surface area contributed by atoms with Crippen molar-refractivity contribution in [3.05, 3.63) is 0 Å². The average molecular weight is 421 g/mol. The molecular formula is C17H32N4O6S. The topological polar surface area (TPSA) is 171 Å². The molecule has 0 aromatic heterocycles. The molecular weight excluding hydrogens is 388 g/mol. The van der Waals surface area contributed by atoms with Crippen LogP contribution in [0.4, 0.5) is 0 Å². The molecule has 0 saturated heterocycles. The Kier molecular flexibility index (Phi) is 11.7. The predicted octanol–water partition coefficient (Wildman–Crippen LogP) is -1.34. The molecule has 5 atom stereocenters. The van der Waals surface area contributed by atoms with E-state index in [-0.39, 0.29) is 0 Å². The lowest BCUT2D eigenvalue weighted by Gasteiger charge is -2.27. The number of amides is 3.